The molecule has 0 radical (unpaired) electrons. The van der Waals surface area contributed by atoms with Gasteiger partial charge in [0.2, 0.25) is 0 Å². The average Bonchev–Trinajstić information content (AvgIpc) is 2.12. The first kappa shape index (κ1) is 11.8. The van der Waals surface area contributed by atoms with Crippen LogP contribution in [0.25, 0.3) is 0 Å². The van der Waals surface area contributed by atoms with Gasteiger partial charge in [-0.3, -0.25) is 9.78 Å². The number of aryl methyl sites for hydroxylation is 1. The first-order chi connectivity index (χ1) is 6.93. The molecule has 0 aliphatic heterocycles. The smallest absolute Gasteiger partial charge is 0.307 e. The van der Waals surface area contributed by atoms with E-state index in [4.69, 9.17) is 16.7 Å². The van der Waals surface area contributed by atoms with Gasteiger partial charge in [0.1, 0.15) is 5.69 Å². The summed E-state index contributed by atoms with van der Waals surface area (Å²) in [5.74, 6) is -1.22. The van der Waals surface area contributed by atoms with Crippen LogP contribution in [-0.2, 0) is 11.2 Å². The number of carboxylic acids is 1. The van der Waals surface area contributed by atoms with Crippen molar-refractivity contribution in [1.82, 2.24) is 4.98 Å². The third-order valence-corrected chi connectivity index (χ3v) is 2.38. The van der Waals surface area contributed by atoms with Crippen molar-refractivity contribution < 1.29 is 18.7 Å². The molecule has 0 aliphatic rings. The Kier molecular flexibility index (Phi) is 3.57. The van der Waals surface area contributed by atoms with Crippen molar-refractivity contribution in [3.63, 3.8) is 0 Å². The second-order valence-electron chi connectivity index (χ2n) is 2.99. The third-order valence-electron chi connectivity index (χ3n) is 1.85. The SMILES string of the molecule is Cc1cnc(C(F)F)c(CC(=O)O)c1Cl. The molecule has 0 saturated heterocycles. The Bertz CT molecular complexity index is 396. The van der Waals surface area contributed by atoms with Crippen molar-refractivity contribution in [2.24, 2.45) is 0 Å². The zero-order valence-electron chi connectivity index (χ0n) is 7.80. The first-order valence-electron chi connectivity index (χ1n) is 4.07. The van der Waals surface area contributed by atoms with Crippen LogP contribution in [-0.4, -0.2) is 16.1 Å². The Morgan fingerprint density at radius 3 is 2.73 bits per heavy atom. The van der Waals surface area contributed by atoms with Gasteiger partial charge < -0.3 is 5.11 Å². The highest BCUT2D eigenvalue weighted by Gasteiger charge is 2.20. The summed E-state index contributed by atoms with van der Waals surface area (Å²) in [6.07, 6.45) is -2.17. The average molecular weight is 236 g/mol. The molecular weight excluding hydrogens is 228 g/mol. The van der Waals surface area contributed by atoms with Crippen LogP contribution in [0.2, 0.25) is 5.02 Å². The molecule has 0 atom stereocenters. The van der Waals surface area contributed by atoms with Gasteiger partial charge in [0.15, 0.2) is 0 Å². The molecule has 0 spiro atoms. The highest BCUT2D eigenvalue weighted by atomic mass is 35.5. The fourth-order valence-corrected chi connectivity index (χ4v) is 1.37. The molecule has 0 bridgehead atoms. The van der Waals surface area contributed by atoms with E-state index in [1.807, 2.05) is 0 Å². The monoisotopic (exact) mass is 235 g/mol. The lowest BCUT2D eigenvalue weighted by molar-refractivity contribution is -0.136. The number of hydrogen-bond donors (Lipinski definition) is 1. The zero-order valence-corrected chi connectivity index (χ0v) is 8.55. The minimum atomic E-state index is -2.82. The Labute approximate surface area is 89.7 Å². The highest BCUT2D eigenvalue weighted by molar-refractivity contribution is 6.32. The molecule has 6 heteroatoms. The normalized spacial score (nSPS) is 10.7. The highest BCUT2D eigenvalue weighted by Crippen LogP contribution is 2.29. The number of carboxylic acid groups (broad SMARTS) is 1. The van der Waals surface area contributed by atoms with E-state index in [0.717, 1.165) is 0 Å². The van der Waals surface area contributed by atoms with Gasteiger partial charge in [-0.2, -0.15) is 0 Å². The lowest BCUT2D eigenvalue weighted by atomic mass is 10.1. The van der Waals surface area contributed by atoms with Crippen LogP contribution in [0.5, 0.6) is 0 Å². The van der Waals surface area contributed by atoms with Gasteiger partial charge in [-0.1, -0.05) is 11.6 Å². The van der Waals surface area contributed by atoms with Crippen LogP contribution in [0.1, 0.15) is 23.2 Å². The van der Waals surface area contributed by atoms with Gasteiger partial charge in [-0.15, -0.1) is 0 Å². The topological polar surface area (TPSA) is 50.2 Å². The molecule has 0 amide bonds. The van der Waals surface area contributed by atoms with Crippen molar-refractivity contribution in [2.75, 3.05) is 0 Å². The number of alkyl halides is 2. The van der Waals surface area contributed by atoms with Crippen LogP contribution >= 0.6 is 11.6 Å². The summed E-state index contributed by atoms with van der Waals surface area (Å²) in [5.41, 5.74) is -0.190. The van der Waals surface area contributed by atoms with Gasteiger partial charge in [-0.05, 0) is 12.5 Å². The third kappa shape index (κ3) is 2.62. The molecule has 1 aromatic rings. The minimum Gasteiger partial charge on any atom is -0.481 e. The molecule has 1 heterocycles. The lowest BCUT2D eigenvalue weighted by Gasteiger charge is -2.09. The van der Waals surface area contributed by atoms with E-state index in [1.165, 1.54) is 6.20 Å². The summed E-state index contributed by atoms with van der Waals surface area (Å²) in [6, 6.07) is 0. The van der Waals surface area contributed by atoms with Crippen LogP contribution in [0, 0.1) is 6.92 Å². The molecule has 1 N–H and O–H groups in total. The Hall–Kier alpha value is -1.23. The van der Waals surface area contributed by atoms with E-state index in [2.05, 4.69) is 4.98 Å². The van der Waals surface area contributed by atoms with Crippen LogP contribution in [0.15, 0.2) is 6.20 Å². The number of pyridine rings is 1. The second kappa shape index (κ2) is 4.53. The first-order valence-corrected chi connectivity index (χ1v) is 4.45. The molecular formula is C9H8ClF2NO2. The zero-order chi connectivity index (χ0) is 11.6. The number of aliphatic carboxylic acids is 1. The summed E-state index contributed by atoms with van der Waals surface area (Å²) in [5, 5.41) is 8.60. The Morgan fingerprint density at radius 2 is 2.27 bits per heavy atom. The number of carbonyl (C=O) groups is 1. The predicted molar refractivity (Wildman–Crippen MR) is 50.3 cm³/mol. The molecule has 0 unspecified atom stereocenters. The summed E-state index contributed by atoms with van der Waals surface area (Å²) in [6.45, 7) is 1.58. The summed E-state index contributed by atoms with van der Waals surface area (Å²) in [4.78, 5) is 14.0. The van der Waals surface area contributed by atoms with Crippen molar-refractivity contribution >= 4 is 17.6 Å². The summed E-state index contributed by atoms with van der Waals surface area (Å²) in [7, 11) is 0. The second-order valence-corrected chi connectivity index (χ2v) is 3.37. The van der Waals surface area contributed by atoms with Crippen molar-refractivity contribution in [3.8, 4) is 0 Å². The number of hydrogen-bond acceptors (Lipinski definition) is 2. The maximum Gasteiger partial charge on any atom is 0.307 e. The Balaban J connectivity index is 3.28. The molecule has 0 aromatic carbocycles. The number of rotatable bonds is 3. The van der Waals surface area contributed by atoms with Crippen LogP contribution in [0.4, 0.5) is 8.78 Å². The molecule has 0 fully saturated rings. The maximum absolute atomic E-state index is 12.5. The van der Waals surface area contributed by atoms with Gasteiger partial charge >= 0.3 is 5.97 Å². The van der Waals surface area contributed by atoms with Gasteiger partial charge in [-0.25, -0.2) is 8.78 Å². The molecule has 1 aromatic heterocycles. The summed E-state index contributed by atoms with van der Waals surface area (Å²) >= 11 is 5.75. The maximum atomic E-state index is 12.5. The molecule has 0 saturated carbocycles. The molecule has 82 valence electrons. The van der Waals surface area contributed by atoms with Crippen molar-refractivity contribution in [1.29, 1.82) is 0 Å². The quantitative estimate of drug-likeness (QED) is 0.876. The van der Waals surface area contributed by atoms with E-state index >= 15 is 0 Å². The Morgan fingerprint density at radius 1 is 1.67 bits per heavy atom. The van der Waals surface area contributed by atoms with Gasteiger partial charge in [0.05, 0.1) is 11.4 Å². The van der Waals surface area contributed by atoms with E-state index in [-0.39, 0.29) is 10.6 Å². The lowest BCUT2D eigenvalue weighted by Crippen LogP contribution is -2.07. The van der Waals surface area contributed by atoms with Gasteiger partial charge in [0.25, 0.3) is 6.43 Å². The van der Waals surface area contributed by atoms with E-state index in [0.29, 0.717) is 5.56 Å². The fourth-order valence-electron chi connectivity index (χ4n) is 1.16. The predicted octanol–water partition coefficient (Wildman–Crippen LogP) is 2.61. The molecule has 1 rings (SSSR count). The van der Waals surface area contributed by atoms with Crippen LogP contribution < -0.4 is 0 Å². The van der Waals surface area contributed by atoms with Crippen molar-refractivity contribution in [3.05, 3.63) is 28.0 Å². The van der Waals surface area contributed by atoms with E-state index < -0.39 is 24.5 Å². The van der Waals surface area contributed by atoms with Gasteiger partial charge in [0, 0.05) is 11.8 Å². The number of aromatic nitrogens is 1. The van der Waals surface area contributed by atoms with Crippen molar-refractivity contribution in [2.45, 2.75) is 19.8 Å². The number of halogens is 3. The molecule has 15 heavy (non-hydrogen) atoms. The van der Waals surface area contributed by atoms with E-state index in [1.54, 1.807) is 6.92 Å². The largest absolute Gasteiger partial charge is 0.481 e. The van der Waals surface area contributed by atoms with Crippen LogP contribution in [0.3, 0.4) is 0 Å². The summed E-state index contributed by atoms with van der Waals surface area (Å²) < 4.78 is 25.0. The number of nitrogens with zero attached hydrogens (tertiary/aromatic N) is 1. The molecule has 0 aliphatic carbocycles. The standard InChI is InChI=1S/C9H8ClF2NO2/c1-4-3-13-8(9(11)12)5(7(4)10)2-6(14)15/h3,9H,2H2,1H3,(H,14,15). The molecule has 3 nitrogen and oxygen atoms in total. The fraction of sp³-hybridized carbons (Fsp3) is 0.333. The minimum absolute atomic E-state index is 0.0442. The van der Waals surface area contributed by atoms with E-state index in [9.17, 15) is 13.6 Å².